The molecular formula is C26H27ClN2O5. The first kappa shape index (κ1) is 22.7. The van der Waals surface area contributed by atoms with Gasteiger partial charge in [-0.2, -0.15) is 0 Å². The van der Waals surface area contributed by atoms with E-state index in [2.05, 4.69) is 0 Å². The number of hydrogen-bond donors (Lipinski definition) is 1. The highest BCUT2D eigenvalue weighted by Gasteiger charge is 2.53. The van der Waals surface area contributed by atoms with E-state index in [1.54, 1.807) is 11.0 Å². The van der Waals surface area contributed by atoms with Gasteiger partial charge in [0.05, 0.1) is 18.2 Å². The second kappa shape index (κ2) is 9.29. The number of carboxylic acids is 1. The summed E-state index contributed by atoms with van der Waals surface area (Å²) in [6.45, 7) is 0.182. The van der Waals surface area contributed by atoms with Crippen LogP contribution in [0.2, 0.25) is 5.02 Å². The molecule has 178 valence electrons. The highest BCUT2D eigenvalue weighted by Crippen LogP contribution is 2.54. The van der Waals surface area contributed by atoms with Gasteiger partial charge in [0, 0.05) is 35.0 Å². The summed E-state index contributed by atoms with van der Waals surface area (Å²) in [4.78, 5) is 41.2. The normalized spacial score (nSPS) is 22.7. The van der Waals surface area contributed by atoms with Crippen molar-refractivity contribution in [3.05, 3.63) is 64.7 Å². The lowest BCUT2D eigenvalue weighted by Crippen LogP contribution is -2.59. The van der Waals surface area contributed by atoms with Crippen molar-refractivity contribution < 1.29 is 24.2 Å². The average Bonchev–Trinajstić information content (AvgIpc) is 3.63. The molecule has 3 unspecified atom stereocenters. The number of rotatable bonds is 7. The molecular weight excluding hydrogens is 456 g/mol. The van der Waals surface area contributed by atoms with Crippen LogP contribution < -0.4 is 4.90 Å². The number of nitrogens with zero attached hydrogens (tertiary/aromatic N) is 2. The Kier molecular flexibility index (Phi) is 6.21. The van der Waals surface area contributed by atoms with Crippen LogP contribution in [0.3, 0.4) is 0 Å². The van der Waals surface area contributed by atoms with Gasteiger partial charge in [-0.05, 0) is 49.4 Å². The summed E-state index contributed by atoms with van der Waals surface area (Å²) in [6, 6.07) is 14.8. The topological polar surface area (TPSA) is 87.2 Å². The number of aliphatic carboxylic acids is 1. The average molecular weight is 483 g/mol. The zero-order chi connectivity index (χ0) is 23.8. The molecule has 3 atom stereocenters. The molecule has 2 saturated carbocycles. The molecule has 2 aliphatic carbocycles. The zero-order valence-corrected chi connectivity index (χ0v) is 19.5. The van der Waals surface area contributed by atoms with Crippen molar-refractivity contribution in [1.29, 1.82) is 0 Å². The van der Waals surface area contributed by atoms with Gasteiger partial charge < -0.3 is 14.7 Å². The molecule has 5 rings (SSSR count). The van der Waals surface area contributed by atoms with E-state index in [0.717, 1.165) is 36.8 Å². The minimum Gasteiger partial charge on any atom is -0.481 e. The van der Waals surface area contributed by atoms with E-state index in [0.29, 0.717) is 10.7 Å². The first-order valence-corrected chi connectivity index (χ1v) is 12.1. The fraction of sp³-hybridized carbons (Fsp3) is 0.423. The number of carbonyl (C=O) groups excluding carboxylic acids is 2. The Bertz CT molecular complexity index is 1100. The van der Waals surface area contributed by atoms with Gasteiger partial charge in [-0.1, -0.05) is 41.9 Å². The van der Waals surface area contributed by atoms with E-state index < -0.39 is 12.1 Å². The third kappa shape index (κ3) is 4.37. The number of benzene rings is 2. The minimum absolute atomic E-state index is 0.0293. The van der Waals surface area contributed by atoms with Gasteiger partial charge in [0.15, 0.2) is 0 Å². The Morgan fingerprint density at radius 3 is 2.44 bits per heavy atom. The van der Waals surface area contributed by atoms with E-state index >= 15 is 0 Å². The molecule has 1 aliphatic heterocycles. The number of carboxylic acid groups (broad SMARTS) is 1. The molecule has 0 aromatic heterocycles. The SMILES string of the molecule is O=C(O)CCC(=O)N(C1CC1)C1c2cc(Cl)ccc2N(C(=O)OCc2ccccc2)C2CCC21. The van der Waals surface area contributed by atoms with Crippen molar-refractivity contribution >= 4 is 35.3 Å². The molecule has 0 bridgehead atoms. The molecule has 2 fully saturated rings. The number of anilines is 1. The van der Waals surface area contributed by atoms with E-state index in [1.807, 2.05) is 47.4 Å². The molecule has 0 spiro atoms. The summed E-state index contributed by atoms with van der Waals surface area (Å²) in [6.07, 6.45) is 2.89. The summed E-state index contributed by atoms with van der Waals surface area (Å²) in [5, 5.41) is 9.63. The smallest absolute Gasteiger partial charge is 0.414 e. The first-order valence-electron chi connectivity index (χ1n) is 11.8. The Morgan fingerprint density at radius 1 is 1.03 bits per heavy atom. The third-order valence-electron chi connectivity index (χ3n) is 7.08. The standard InChI is InChI=1S/C26H27ClN2O5/c27-17-6-10-22-20(14-17)25(28(18-7-8-18)23(30)12-13-24(31)32)19-9-11-21(19)29(22)26(33)34-15-16-4-2-1-3-5-16/h1-6,10,14,18-19,21,25H,7-9,11-13,15H2,(H,31,32). The maximum absolute atomic E-state index is 13.3. The first-order chi connectivity index (χ1) is 16.4. The summed E-state index contributed by atoms with van der Waals surface area (Å²) in [7, 11) is 0. The second-order valence-electron chi connectivity index (χ2n) is 9.29. The molecule has 3 aliphatic rings. The number of fused-ring (bicyclic) bond motifs is 2. The lowest BCUT2D eigenvalue weighted by atomic mass is 9.68. The molecule has 2 aromatic carbocycles. The van der Waals surface area contributed by atoms with Crippen LogP contribution in [0.4, 0.5) is 10.5 Å². The maximum atomic E-state index is 13.3. The predicted octanol–water partition coefficient (Wildman–Crippen LogP) is 5.17. The van der Waals surface area contributed by atoms with E-state index in [-0.39, 0.29) is 49.4 Å². The number of hydrogen-bond acceptors (Lipinski definition) is 4. The quantitative estimate of drug-likeness (QED) is 0.588. The lowest BCUT2D eigenvalue weighted by Gasteiger charge is -2.54. The van der Waals surface area contributed by atoms with Crippen LogP contribution in [0.15, 0.2) is 48.5 Å². The zero-order valence-electron chi connectivity index (χ0n) is 18.7. The molecule has 0 saturated heterocycles. The van der Waals surface area contributed by atoms with E-state index in [1.165, 1.54) is 0 Å². The molecule has 0 radical (unpaired) electrons. The second-order valence-corrected chi connectivity index (χ2v) is 9.73. The summed E-state index contributed by atoms with van der Waals surface area (Å²) in [5.41, 5.74) is 2.46. The molecule has 2 aromatic rings. The van der Waals surface area contributed by atoms with Gasteiger partial charge in [0.2, 0.25) is 5.91 Å². The van der Waals surface area contributed by atoms with Crippen molar-refractivity contribution in [3.8, 4) is 0 Å². The van der Waals surface area contributed by atoms with Gasteiger partial charge in [0.1, 0.15) is 6.61 Å². The molecule has 1 N–H and O–H groups in total. The Morgan fingerprint density at radius 2 is 1.79 bits per heavy atom. The Hall–Kier alpha value is -3.06. The van der Waals surface area contributed by atoms with Crippen molar-refractivity contribution in [2.75, 3.05) is 4.90 Å². The summed E-state index contributed by atoms with van der Waals surface area (Å²) < 4.78 is 5.68. The van der Waals surface area contributed by atoms with Crippen LogP contribution in [0.1, 0.15) is 55.7 Å². The van der Waals surface area contributed by atoms with Crippen LogP contribution in [0.5, 0.6) is 0 Å². The largest absolute Gasteiger partial charge is 0.481 e. The predicted molar refractivity (Wildman–Crippen MR) is 127 cm³/mol. The van der Waals surface area contributed by atoms with Gasteiger partial charge in [0.25, 0.3) is 0 Å². The van der Waals surface area contributed by atoms with Gasteiger partial charge in [-0.15, -0.1) is 0 Å². The van der Waals surface area contributed by atoms with E-state index in [9.17, 15) is 14.4 Å². The molecule has 34 heavy (non-hydrogen) atoms. The Balaban J connectivity index is 1.45. The van der Waals surface area contributed by atoms with Crippen LogP contribution in [-0.4, -0.2) is 40.1 Å². The van der Waals surface area contributed by atoms with Crippen molar-refractivity contribution in [3.63, 3.8) is 0 Å². The monoisotopic (exact) mass is 482 g/mol. The van der Waals surface area contributed by atoms with Crippen LogP contribution in [0, 0.1) is 5.92 Å². The maximum Gasteiger partial charge on any atom is 0.414 e. The highest BCUT2D eigenvalue weighted by molar-refractivity contribution is 6.30. The number of carbonyl (C=O) groups is 3. The van der Waals surface area contributed by atoms with Crippen LogP contribution >= 0.6 is 11.6 Å². The number of amides is 2. The van der Waals surface area contributed by atoms with Crippen molar-refractivity contribution in [2.45, 2.75) is 63.3 Å². The van der Waals surface area contributed by atoms with Gasteiger partial charge >= 0.3 is 12.1 Å². The van der Waals surface area contributed by atoms with E-state index in [4.69, 9.17) is 21.4 Å². The number of halogens is 1. The molecule has 7 nitrogen and oxygen atoms in total. The molecule has 2 amide bonds. The minimum atomic E-state index is -0.981. The van der Waals surface area contributed by atoms with Crippen molar-refractivity contribution in [1.82, 2.24) is 4.90 Å². The fourth-order valence-corrected chi connectivity index (χ4v) is 5.43. The Labute approximate surface area is 203 Å². The van der Waals surface area contributed by atoms with Crippen LogP contribution in [0.25, 0.3) is 0 Å². The number of ether oxygens (including phenoxy) is 1. The summed E-state index contributed by atoms with van der Waals surface area (Å²) in [5.74, 6) is -1.07. The van der Waals surface area contributed by atoms with Gasteiger partial charge in [-0.3, -0.25) is 14.5 Å². The third-order valence-corrected chi connectivity index (χ3v) is 7.31. The van der Waals surface area contributed by atoms with Crippen molar-refractivity contribution in [2.24, 2.45) is 5.92 Å². The fourth-order valence-electron chi connectivity index (χ4n) is 5.25. The summed E-state index contributed by atoms with van der Waals surface area (Å²) >= 11 is 6.38. The van der Waals surface area contributed by atoms with Gasteiger partial charge in [-0.25, -0.2) is 4.79 Å². The molecule has 8 heteroatoms. The molecule has 1 heterocycles. The van der Waals surface area contributed by atoms with Crippen LogP contribution in [-0.2, 0) is 20.9 Å². The lowest BCUT2D eigenvalue weighted by molar-refractivity contribution is -0.143. The highest BCUT2D eigenvalue weighted by atomic mass is 35.5.